The number of ether oxygens (including phenoxy) is 1. The highest BCUT2D eigenvalue weighted by molar-refractivity contribution is 7.16. The molecule has 2 aromatic carbocycles. The van der Waals surface area contributed by atoms with E-state index in [2.05, 4.69) is 12.1 Å². The molecule has 112 valence electrons. The number of benzene rings is 2. The lowest BCUT2D eigenvalue weighted by Crippen LogP contribution is -2.22. The summed E-state index contributed by atoms with van der Waals surface area (Å²) in [4.78, 5) is 14.7. The van der Waals surface area contributed by atoms with Crippen molar-refractivity contribution in [1.82, 2.24) is 0 Å². The second-order valence-corrected chi connectivity index (χ2v) is 6.07. The first-order valence-electron chi connectivity index (χ1n) is 7.03. The van der Waals surface area contributed by atoms with E-state index in [-0.39, 0.29) is 5.43 Å². The minimum absolute atomic E-state index is 0.0473. The first-order valence-corrected chi connectivity index (χ1v) is 7.91. The molecule has 0 spiro atoms. The van der Waals surface area contributed by atoms with E-state index in [1.807, 2.05) is 53.7 Å². The Morgan fingerprint density at radius 2 is 1.91 bits per heavy atom. The largest absolute Gasteiger partial charge is 0.497 e. The Morgan fingerprint density at radius 1 is 1.14 bits per heavy atom. The van der Waals surface area contributed by atoms with Crippen LogP contribution in [0.25, 0.3) is 10.1 Å². The predicted octanol–water partition coefficient (Wildman–Crippen LogP) is 3.91. The first-order chi connectivity index (χ1) is 10.7. The van der Waals surface area contributed by atoms with Crippen LogP contribution in [0.15, 0.2) is 58.7 Å². The average Bonchev–Trinajstić information content (AvgIpc) is 2.56. The van der Waals surface area contributed by atoms with E-state index in [0.717, 1.165) is 10.4 Å². The highest BCUT2D eigenvalue weighted by atomic mass is 32.1. The molecular formula is C18H17NO2S. The van der Waals surface area contributed by atoms with Gasteiger partial charge >= 0.3 is 0 Å². The molecule has 4 heteroatoms. The van der Waals surface area contributed by atoms with E-state index in [1.165, 1.54) is 5.56 Å². The molecule has 0 aliphatic heterocycles. The molecule has 0 saturated heterocycles. The molecule has 0 bridgehead atoms. The summed E-state index contributed by atoms with van der Waals surface area (Å²) in [7, 11) is 3.56. The summed E-state index contributed by atoms with van der Waals surface area (Å²) in [6.45, 7) is 0.707. The Hall–Kier alpha value is -2.33. The summed E-state index contributed by atoms with van der Waals surface area (Å²) < 4.78 is 6.20. The van der Waals surface area contributed by atoms with Gasteiger partial charge in [-0.1, -0.05) is 30.3 Å². The van der Waals surface area contributed by atoms with Gasteiger partial charge in [-0.3, -0.25) is 4.79 Å². The van der Waals surface area contributed by atoms with Crippen LogP contribution in [0.5, 0.6) is 5.75 Å². The number of hydrogen-bond donors (Lipinski definition) is 0. The van der Waals surface area contributed by atoms with Gasteiger partial charge in [0.25, 0.3) is 0 Å². The summed E-state index contributed by atoms with van der Waals surface area (Å²) in [5.74, 6) is 0.708. The van der Waals surface area contributed by atoms with Gasteiger partial charge in [0.1, 0.15) is 5.75 Å². The van der Waals surface area contributed by atoms with E-state index in [9.17, 15) is 4.79 Å². The quantitative estimate of drug-likeness (QED) is 0.732. The van der Waals surface area contributed by atoms with Crippen LogP contribution in [0.1, 0.15) is 5.56 Å². The van der Waals surface area contributed by atoms with Crippen LogP contribution in [0, 0.1) is 0 Å². The van der Waals surface area contributed by atoms with Crippen LogP contribution < -0.4 is 15.1 Å². The molecule has 0 radical (unpaired) electrons. The molecule has 0 unspecified atom stereocenters. The lowest BCUT2D eigenvalue weighted by molar-refractivity contribution is 0.415. The Balaban J connectivity index is 2.00. The lowest BCUT2D eigenvalue weighted by atomic mass is 10.2. The smallest absolute Gasteiger partial charge is 0.211 e. The van der Waals surface area contributed by atoms with Crippen molar-refractivity contribution in [2.45, 2.75) is 6.54 Å². The average molecular weight is 311 g/mol. The molecule has 1 aromatic heterocycles. The SMILES string of the molecule is COc1ccc2scc(N(C)Cc3ccccc3)c(=O)c2c1. The van der Waals surface area contributed by atoms with E-state index in [4.69, 9.17) is 4.74 Å². The van der Waals surface area contributed by atoms with Crippen molar-refractivity contribution >= 4 is 27.1 Å². The Morgan fingerprint density at radius 3 is 2.64 bits per heavy atom. The summed E-state index contributed by atoms with van der Waals surface area (Å²) in [6, 6.07) is 15.8. The van der Waals surface area contributed by atoms with Crippen LogP contribution in [0.2, 0.25) is 0 Å². The van der Waals surface area contributed by atoms with Crippen molar-refractivity contribution in [2.75, 3.05) is 19.1 Å². The van der Waals surface area contributed by atoms with Gasteiger partial charge in [-0.25, -0.2) is 0 Å². The molecule has 0 atom stereocenters. The van der Waals surface area contributed by atoms with Crippen molar-refractivity contribution in [2.24, 2.45) is 0 Å². The van der Waals surface area contributed by atoms with Gasteiger partial charge < -0.3 is 9.64 Å². The maximum atomic E-state index is 12.7. The molecule has 0 aliphatic rings. The molecule has 3 rings (SSSR count). The Kier molecular flexibility index (Phi) is 4.11. The third kappa shape index (κ3) is 2.83. The maximum absolute atomic E-state index is 12.7. The lowest BCUT2D eigenvalue weighted by Gasteiger charge is -2.18. The van der Waals surface area contributed by atoms with Crippen molar-refractivity contribution in [1.29, 1.82) is 0 Å². The van der Waals surface area contributed by atoms with Crippen molar-refractivity contribution in [3.05, 3.63) is 69.7 Å². The molecule has 22 heavy (non-hydrogen) atoms. The number of anilines is 1. The summed E-state index contributed by atoms with van der Waals surface area (Å²) >= 11 is 1.58. The minimum atomic E-state index is 0.0473. The van der Waals surface area contributed by atoms with Crippen molar-refractivity contribution < 1.29 is 4.74 Å². The van der Waals surface area contributed by atoms with Crippen LogP contribution >= 0.6 is 11.3 Å². The number of hydrogen-bond acceptors (Lipinski definition) is 4. The minimum Gasteiger partial charge on any atom is -0.497 e. The molecule has 0 amide bonds. The fraction of sp³-hybridized carbons (Fsp3) is 0.167. The maximum Gasteiger partial charge on any atom is 0.211 e. The predicted molar refractivity (Wildman–Crippen MR) is 93.2 cm³/mol. The molecule has 0 fully saturated rings. The van der Waals surface area contributed by atoms with Crippen molar-refractivity contribution in [3.8, 4) is 5.75 Å². The van der Waals surface area contributed by atoms with E-state index >= 15 is 0 Å². The molecule has 0 saturated carbocycles. The summed E-state index contributed by atoms with van der Waals surface area (Å²) in [6.07, 6.45) is 0. The van der Waals surface area contributed by atoms with Crippen LogP contribution in [-0.2, 0) is 6.54 Å². The summed E-state index contributed by atoms with van der Waals surface area (Å²) in [5, 5.41) is 2.64. The third-order valence-corrected chi connectivity index (χ3v) is 4.59. The zero-order chi connectivity index (χ0) is 15.5. The fourth-order valence-electron chi connectivity index (χ4n) is 2.43. The second kappa shape index (κ2) is 6.20. The fourth-order valence-corrected chi connectivity index (χ4v) is 3.38. The normalized spacial score (nSPS) is 10.6. The van der Waals surface area contributed by atoms with Gasteiger partial charge in [-0.05, 0) is 23.8 Å². The third-order valence-electron chi connectivity index (χ3n) is 3.64. The topological polar surface area (TPSA) is 29.5 Å². The molecule has 1 heterocycles. The first kappa shape index (κ1) is 14.6. The second-order valence-electron chi connectivity index (χ2n) is 5.15. The number of fused-ring (bicyclic) bond motifs is 1. The Labute approximate surface area is 133 Å². The monoisotopic (exact) mass is 311 g/mol. The number of methoxy groups -OCH3 is 1. The van der Waals surface area contributed by atoms with Gasteiger partial charge in [0.2, 0.25) is 5.43 Å². The molecule has 3 nitrogen and oxygen atoms in total. The highest BCUT2D eigenvalue weighted by Crippen LogP contribution is 2.25. The van der Waals surface area contributed by atoms with Gasteiger partial charge in [-0.15, -0.1) is 11.3 Å². The molecule has 3 aromatic rings. The number of rotatable bonds is 4. The van der Waals surface area contributed by atoms with Gasteiger partial charge in [0.15, 0.2) is 0 Å². The van der Waals surface area contributed by atoms with Gasteiger partial charge in [0, 0.05) is 29.1 Å². The zero-order valence-electron chi connectivity index (χ0n) is 12.6. The van der Waals surface area contributed by atoms with Crippen LogP contribution in [0.3, 0.4) is 0 Å². The van der Waals surface area contributed by atoms with Crippen LogP contribution in [0.4, 0.5) is 5.69 Å². The zero-order valence-corrected chi connectivity index (χ0v) is 13.4. The van der Waals surface area contributed by atoms with Gasteiger partial charge in [-0.2, -0.15) is 0 Å². The van der Waals surface area contributed by atoms with Crippen molar-refractivity contribution in [3.63, 3.8) is 0 Å². The number of nitrogens with zero attached hydrogens (tertiary/aromatic N) is 1. The Bertz CT molecular complexity index is 843. The van der Waals surface area contributed by atoms with E-state index < -0.39 is 0 Å². The van der Waals surface area contributed by atoms with E-state index in [0.29, 0.717) is 17.7 Å². The highest BCUT2D eigenvalue weighted by Gasteiger charge is 2.11. The van der Waals surface area contributed by atoms with E-state index in [1.54, 1.807) is 18.4 Å². The van der Waals surface area contributed by atoms with Gasteiger partial charge in [0.05, 0.1) is 12.8 Å². The molecular weight excluding hydrogens is 294 g/mol. The molecule has 0 N–H and O–H groups in total. The summed E-state index contributed by atoms with van der Waals surface area (Å²) in [5.41, 5.74) is 1.95. The molecule has 0 aliphatic carbocycles. The van der Waals surface area contributed by atoms with Crippen LogP contribution in [-0.4, -0.2) is 14.2 Å². The standard InChI is InChI=1S/C18H17NO2S/c1-19(11-13-6-4-3-5-7-13)16-12-22-17-9-8-14(21-2)10-15(17)18(16)20/h3-10,12H,11H2,1-2H3.